The fourth-order valence-corrected chi connectivity index (χ4v) is 3.86. The molecule has 2 rings (SSSR count). The van der Waals surface area contributed by atoms with Gasteiger partial charge in [0.1, 0.15) is 0 Å². The van der Waals surface area contributed by atoms with Crippen molar-refractivity contribution in [3.05, 3.63) is 29.3 Å². The van der Waals surface area contributed by atoms with E-state index < -0.39 is 11.0 Å². The van der Waals surface area contributed by atoms with Crippen LogP contribution < -0.4 is 14.9 Å². The first-order valence-electron chi connectivity index (χ1n) is 9.63. The number of anilines is 1. The number of nitrogens with one attached hydrogen (secondary N) is 2. The van der Waals surface area contributed by atoms with Gasteiger partial charge in [0.05, 0.1) is 11.0 Å². The zero-order valence-corrected chi connectivity index (χ0v) is 17.9. The number of benzene rings is 1. The Bertz CT molecular complexity index is 540. The average Bonchev–Trinajstić information content (AvgIpc) is 2.61. The van der Waals surface area contributed by atoms with E-state index in [-0.39, 0.29) is 11.3 Å². The first-order valence-corrected chi connectivity index (χ1v) is 10.8. The van der Waals surface area contributed by atoms with E-state index in [0.29, 0.717) is 5.92 Å². The highest BCUT2D eigenvalue weighted by atomic mass is 32.2. The second-order valence-corrected chi connectivity index (χ2v) is 8.76. The lowest BCUT2D eigenvalue weighted by Gasteiger charge is -2.34. The van der Waals surface area contributed by atoms with Gasteiger partial charge in [-0.25, -0.2) is 8.93 Å². The van der Waals surface area contributed by atoms with E-state index >= 15 is 0 Å². The summed E-state index contributed by atoms with van der Waals surface area (Å²) in [7, 11) is -1.02. The van der Waals surface area contributed by atoms with Gasteiger partial charge in [-0.15, -0.1) is 0 Å². The van der Waals surface area contributed by atoms with Crippen LogP contribution in [-0.2, 0) is 11.0 Å². The normalized spacial score (nSPS) is 17.2. The molecule has 0 amide bonds. The summed E-state index contributed by atoms with van der Waals surface area (Å²) in [5, 5.41) is 3.52. The zero-order valence-electron chi connectivity index (χ0n) is 17.1. The molecule has 0 radical (unpaired) electrons. The Kier molecular flexibility index (Phi) is 9.69. The van der Waals surface area contributed by atoms with Gasteiger partial charge in [0.2, 0.25) is 0 Å². The van der Waals surface area contributed by atoms with Crippen molar-refractivity contribution in [2.75, 3.05) is 31.1 Å². The van der Waals surface area contributed by atoms with Crippen molar-refractivity contribution >= 4 is 16.7 Å². The Balaban J connectivity index is 0.00000151. The second-order valence-electron chi connectivity index (χ2n) is 6.99. The predicted molar refractivity (Wildman–Crippen MR) is 112 cm³/mol. The monoisotopic (exact) mass is 367 g/mol. The summed E-state index contributed by atoms with van der Waals surface area (Å²) in [4.78, 5) is 2.45. The highest BCUT2D eigenvalue weighted by molar-refractivity contribution is 7.83. The van der Waals surface area contributed by atoms with E-state index in [1.807, 2.05) is 27.7 Å². The van der Waals surface area contributed by atoms with Gasteiger partial charge in [-0.1, -0.05) is 45.4 Å². The Morgan fingerprint density at radius 2 is 1.72 bits per heavy atom. The molecular formula is C20H37N3OS. The third-order valence-corrected chi connectivity index (χ3v) is 5.66. The van der Waals surface area contributed by atoms with Gasteiger partial charge >= 0.3 is 0 Å². The Hall–Kier alpha value is -0.910. The van der Waals surface area contributed by atoms with Gasteiger partial charge < -0.3 is 10.2 Å². The lowest BCUT2D eigenvalue weighted by Crippen LogP contribution is -2.44. The molecule has 0 spiro atoms. The van der Waals surface area contributed by atoms with Crippen molar-refractivity contribution in [2.45, 2.75) is 59.8 Å². The lowest BCUT2D eigenvalue weighted by atomic mass is 9.93. The van der Waals surface area contributed by atoms with Gasteiger partial charge in [-0.3, -0.25) is 0 Å². The van der Waals surface area contributed by atoms with Crippen LogP contribution in [-0.4, -0.2) is 35.6 Å². The smallest absolute Gasteiger partial charge is 0.0947 e. The highest BCUT2D eigenvalue weighted by Gasteiger charge is 2.24. The zero-order chi connectivity index (χ0) is 19.0. The highest BCUT2D eigenvalue weighted by Crippen LogP contribution is 2.32. The van der Waals surface area contributed by atoms with Crippen LogP contribution >= 0.6 is 0 Å². The molecule has 1 aliphatic rings. The first-order chi connectivity index (χ1) is 11.9. The van der Waals surface area contributed by atoms with Crippen molar-refractivity contribution in [1.29, 1.82) is 0 Å². The standard InChI is InChI=1S/C18H31N3OS.C2H6/c1-13(2)18(20-23(22)14(3)4)16-12-15(5)6-7-17(16)21-10-8-19-9-11-21;1-2/h6-7,12-14,18-20H,8-11H2,1-5H3;1-2H3. The van der Waals surface area contributed by atoms with Crippen molar-refractivity contribution in [3.63, 3.8) is 0 Å². The largest absolute Gasteiger partial charge is 0.369 e. The number of piperazine rings is 1. The number of hydrogen-bond donors (Lipinski definition) is 2. The summed E-state index contributed by atoms with van der Waals surface area (Å²) in [5.41, 5.74) is 3.81. The van der Waals surface area contributed by atoms with Crippen LogP contribution in [0.1, 0.15) is 58.7 Å². The van der Waals surface area contributed by atoms with E-state index in [9.17, 15) is 4.21 Å². The third-order valence-electron chi connectivity index (χ3n) is 4.31. The molecule has 0 saturated carbocycles. The van der Waals surface area contributed by atoms with Crippen LogP contribution in [0.5, 0.6) is 0 Å². The molecule has 1 saturated heterocycles. The Morgan fingerprint density at radius 1 is 1.12 bits per heavy atom. The summed E-state index contributed by atoms with van der Waals surface area (Å²) in [5.74, 6) is 0.376. The summed E-state index contributed by atoms with van der Waals surface area (Å²) >= 11 is 0. The molecule has 1 aliphatic heterocycles. The number of rotatable bonds is 6. The maximum Gasteiger partial charge on any atom is 0.0947 e. The number of aryl methyl sites for hydroxylation is 1. The quantitative estimate of drug-likeness (QED) is 0.804. The fourth-order valence-electron chi connectivity index (χ4n) is 2.94. The molecule has 144 valence electrons. The number of nitrogens with zero attached hydrogens (tertiary/aromatic N) is 1. The topological polar surface area (TPSA) is 44.4 Å². The van der Waals surface area contributed by atoms with Gasteiger partial charge in [0.15, 0.2) is 0 Å². The molecule has 0 aliphatic carbocycles. The molecule has 1 aromatic carbocycles. The molecule has 2 unspecified atom stereocenters. The summed E-state index contributed by atoms with van der Waals surface area (Å²) in [6.07, 6.45) is 0. The van der Waals surface area contributed by atoms with E-state index in [1.54, 1.807) is 0 Å². The van der Waals surface area contributed by atoms with Gasteiger partial charge in [0.25, 0.3) is 0 Å². The molecule has 1 fully saturated rings. The van der Waals surface area contributed by atoms with Crippen LogP contribution in [0.4, 0.5) is 5.69 Å². The van der Waals surface area contributed by atoms with Crippen molar-refractivity contribution < 1.29 is 4.21 Å². The molecule has 0 aromatic heterocycles. The fraction of sp³-hybridized carbons (Fsp3) is 0.700. The Labute approximate surface area is 157 Å². The molecule has 0 bridgehead atoms. The lowest BCUT2D eigenvalue weighted by molar-refractivity contribution is 0.474. The second kappa shape index (κ2) is 10.9. The Morgan fingerprint density at radius 3 is 2.24 bits per heavy atom. The average molecular weight is 368 g/mol. The van der Waals surface area contributed by atoms with Crippen molar-refractivity contribution in [3.8, 4) is 0 Å². The molecule has 1 heterocycles. The minimum Gasteiger partial charge on any atom is -0.369 e. The van der Waals surface area contributed by atoms with Crippen molar-refractivity contribution in [2.24, 2.45) is 5.92 Å². The van der Waals surface area contributed by atoms with Gasteiger partial charge in [0, 0.05) is 43.2 Å². The van der Waals surface area contributed by atoms with E-state index in [1.165, 1.54) is 16.8 Å². The summed E-state index contributed by atoms with van der Waals surface area (Å²) in [6, 6.07) is 6.76. The van der Waals surface area contributed by atoms with E-state index in [4.69, 9.17) is 0 Å². The third kappa shape index (κ3) is 6.39. The van der Waals surface area contributed by atoms with Crippen molar-refractivity contribution in [1.82, 2.24) is 10.0 Å². The SMILES string of the molecule is CC.Cc1ccc(N2CCNCC2)c(C(NS(=O)C(C)C)C(C)C)c1. The summed E-state index contributed by atoms with van der Waals surface area (Å²) < 4.78 is 15.7. The van der Waals surface area contributed by atoms with Crippen LogP contribution in [0.25, 0.3) is 0 Å². The van der Waals surface area contributed by atoms with Crippen LogP contribution in [0.2, 0.25) is 0 Å². The van der Waals surface area contributed by atoms with Gasteiger partial charge in [-0.05, 0) is 38.3 Å². The maximum absolute atomic E-state index is 12.4. The first kappa shape index (κ1) is 22.1. The van der Waals surface area contributed by atoms with E-state index in [2.05, 4.69) is 53.9 Å². The minimum atomic E-state index is -1.02. The predicted octanol–water partition coefficient (Wildman–Crippen LogP) is 3.79. The van der Waals surface area contributed by atoms with Crippen LogP contribution in [0.15, 0.2) is 18.2 Å². The minimum absolute atomic E-state index is 0.100. The van der Waals surface area contributed by atoms with E-state index in [0.717, 1.165) is 26.2 Å². The molecule has 5 heteroatoms. The molecule has 2 N–H and O–H groups in total. The van der Waals surface area contributed by atoms with Crippen LogP contribution in [0, 0.1) is 12.8 Å². The molecular weight excluding hydrogens is 330 g/mol. The molecule has 4 nitrogen and oxygen atoms in total. The molecule has 25 heavy (non-hydrogen) atoms. The molecule has 2 atom stereocenters. The summed E-state index contributed by atoms with van der Waals surface area (Å²) in [6.45, 7) is 18.6. The van der Waals surface area contributed by atoms with Crippen LogP contribution in [0.3, 0.4) is 0 Å². The molecule has 1 aromatic rings. The number of hydrogen-bond acceptors (Lipinski definition) is 3. The maximum atomic E-state index is 12.4. The van der Waals surface area contributed by atoms with Gasteiger partial charge in [-0.2, -0.15) is 0 Å².